The van der Waals surface area contributed by atoms with Gasteiger partial charge in [-0.05, 0) is 39.2 Å². The fourth-order valence-corrected chi connectivity index (χ4v) is 3.92. The molecule has 0 radical (unpaired) electrons. The van der Waals surface area contributed by atoms with Gasteiger partial charge in [0.1, 0.15) is 11.6 Å². The standard InChI is InChI=1S/C19H26N2O4S/c1-12(2)11-13(20-17(23)25-19(3,4)5)16(22)21(6)14-9-7-8-10-15(14)26-18(21)24/h7-10,12-13H,11H2,1-6H3/p+1/t13-,21?/m0/s1. The SMILES string of the molecule is CC(C)C[C@H](NC(=O)OC(C)(C)C)C(=O)[N+]1(C)C(=O)Sc2ccccc21. The highest BCUT2D eigenvalue weighted by molar-refractivity contribution is 8.14. The zero-order valence-corrected chi connectivity index (χ0v) is 17.0. The Morgan fingerprint density at radius 3 is 2.42 bits per heavy atom. The number of nitrogens with zero attached hydrogens (tertiary/aromatic N) is 1. The normalized spacial score (nSPS) is 20.7. The molecule has 1 N–H and O–H groups in total. The first kappa shape index (κ1) is 20.5. The number of ether oxygens (including phenoxy) is 1. The van der Waals surface area contributed by atoms with Crippen molar-refractivity contribution in [2.45, 2.75) is 57.6 Å². The number of carbonyl (C=O) groups is 3. The third kappa shape index (κ3) is 4.27. The van der Waals surface area contributed by atoms with E-state index in [0.29, 0.717) is 12.1 Å². The number of nitrogens with one attached hydrogen (secondary N) is 1. The predicted octanol–water partition coefficient (Wildman–Crippen LogP) is 4.32. The number of hydrogen-bond donors (Lipinski definition) is 1. The third-order valence-electron chi connectivity index (χ3n) is 4.05. The fraction of sp³-hybridized carbons (Fsp3) is 0.526. The van der Waals surface area contributed by atoms with Crippen molar-refractivity contribution >= 4 is 34.7 Å². The van der Waals surface area contributed by atoms with Crippen LogP contribution in [0.1, 0.15) is 41.0 Å². The van der Waals surface area contributed by atoms with E-state index in [-0.39, 0.29) is 17.1 Å². The van der Waals surface area contributed by atoms with Gasteiger partial charge in [0.2, 0.25) is 0 Å². The second kappa shape index (κ2) is 7.40. The van der Waals surface area contributed by atoms with Gasteiger partial charge in [-0.1, -0.05) is 26.0 Å². The first-order valence-electron chi connectivity index (χ1n) is 8.67. The maximum Gasteiger partial charge on any atom is 0.408 e. The summed E-state index contributed by atoms with van der Waals surface area (Å²) in [6.07, 6.45) is -0.234. The van der Waals surface area contributed by atoms with Crippen molar-refractivity contribution in [1.82, 2.24) is 9.80 Å². The van der Waals surface area contributed by atoms with Gasteiger partial charge in [-0.15, -0.1) is 0 Å². The lowest BCUT2D eigenvalue weighted by Gasteiger charge is -2.29. The number of para-hydroxylation sites is 1. The molecule has 1 heterocycles. The molecule has 6 nitrogen and oxygen atoms in total. The Kier molecular flexibility index (Phi) is 5.82. The molecule has 0 bridgehead atoms. The summed E-state index contributed by atoms with van der Waals surface area (Å²) in [5, 5.41) is 2.40. The molecule has 0 aliphatic carbocycles. The van der Waals surface area contributed by atoms with Crippen LogP contribution < -0.4 is 9.80 Å². The molecular weight excluding hydrogens is 352 g/mol. The van der Waals surface area contributed by atoms with Crippen LogP contribution in [0.15, 0.2) is 29.2 Å². The first-order chi connectivity index (χ1) is 11.9. The number of amides is 3. The number of alkyl carbamates (subject to hydrolysis) is 1. The monoisotopic (exact) mass is 379 g/mol. The quantitative estimate of drug-likeness (QED) is 0.789. The highest BCUT2D eigenvalue weighted by Gasteiger charge is 2.53. The minimum Gasteiger partial charge on any atom is -0.444 e. The molecule has 142 valence electrons. The molecule has 0 spiro atoms. The van der Waals surface area contributed by atoms with E-state index in [4.69, 9.17) is 4.74 Å². The molecule has 0 saturated heterocycles. The molecule has 1 aliphatic heterocycles. The van der Waals surface area contributed by atoms with Gasteiger partial charge in [0.15, 0.2) is 5.69 Å². The molecule has 1 aromatic rings. The summed E-state index contributed by atoms with van der Waals surface area (Å²) in [5.74, 6) is -0.196. The van der Waals surface area contributed by atoms with Crippen LogP contribution in [-0.4, -0.2) is 35.9 Å². The van der Waals surface area contributed by atoms with Gasteiger partial charge in [-0.3, -0.25) is 0 Å². The van der Waals surface area contributed by atoms with Crippen molar-refractivity contribution in [1.29, 1.82) is 0 Å². The summed E-state index contributed by atoms with van der Waals surface area (Å²) in [7, 11) is 1.59. The van der Waals surface area contributed by atoms with Gasteiger partial charge in [0, 0.05) is 17.8 Å². The number of benzene rings is 1. The Hall–Kier alpha value is -1.86. The molecule has 1 aromatic carbocycles. The van der Waals surface area contributed by atoms with Crippen molar-refractivity contribution in [2.75, 3.05) is 7.05 Å². The lowest BCUT2D eigenvalue weighted by Crippen LogP contribution is -2.60. The van der Waals surface area contributed by atoms with Crippen molar-refractivity contribution < 1.29 is 19.1 Å². The van der Waals surface area contributed by atoms with Gasteiger partial charge in [-0.25, -0.2) is 14.4 Å². The van der Waals surface area contributed by atoms with E-state index < -0.39 is 22.2 Å². The van der Waals surface area contributed by atoms with E-state index >= 15 is 0 Å². The van der Waals surface area contributed by atoms with E-state index in [2.05, 4.69) is 5.32 Å². The number of thioether (sulfide) groups is 1. The van der Waals surface area contributed by atoms with Crippen LogP contribution in [0.2, 0.25) is 0 Å². The Morgan fingerprint density at radius 2 is 1.85 bits per heavy atom. The molecule has 0 aromatic heterocycles. The molecule has 3 amide bonds. The van der Waals surface area contributed by atoms with Crippen LogP contribution in [-0.2, 0) is 9.53 Å². The number of imide groups is 1. The van der Waals surface area contributed by atoms with Gasteiger partial charge >= 0.3 is 17.2 Å². The maximum absolute atomic E-state index is 13.3. The van der Waals surface area contributed by atoms with Gasteiger partial charge in [-0.2, -0.15) is 4.48 Å². The molecule has 1 unspecified atom stereocenters. The molecule has 2 rings (SSSR count). The number of hydrogen-bond acceptors (Lipinski definition) is 5. The van der Waals surface area contributed by atoms with E-state index in [0.717, 1.165) is 16.7 Å². The van der Waals surface area contributed by atoms with E-state index in [1.54, 1.807) is 40.0 Å². The number of quaternary nitrogens is 1. The van der Waals surface area contributed by atoms with E-state index in [1.165, 1.54) is 0 Å². The van der Waals surface area contributed by atoms with Crippen molar-refractivity contribution in [3.8, 4) is 0 Å². The third-order valence-corrected chi connectivity index (χ3v) is 5.15. The maximum atomic E-state index is 13.3. The number of fused-ring (bicyclic) bond motifs is 1. The van der Waals surface area contributed by atoms with Crippen LogP contribution in [0.4, 0.5) is 15.3 Å². The summed E-state index contributed by atoms with van der Waals surface area (Å²) in [5.41, 5.74) is -0.0212. The zero-order valence-electron chi connectivity index (χ0n) is 16.2. The number of rotatable bonds is 4. The largest absolute Gasteiger partial charge is 0.444 e. The number of likely N-dealkylation sites (N-methyl/N-ethyl adjacent to an activating group) is 1. The van der Waals surface area contributed by atoms with Crippen LogP contribution in [0.3, 0.4) is 0 Å². The van der Waals surface area contributed by atoms with Gasteiger partial charge in [0.05, 0.1) is 11.9 Å². The topological polar surface area (TPSA) is 72.5 Å². The highest BCUT2D eigenvalue weighted by Crippen LogP contribution is 2.45. The number of carbonyl (C=O) groups excluding carboxylic acids is 3. The average molecular weight is 380 g/mol. The van der Waals surface area contributed by atoms with Crippen LogP contribution in [0, 0.1) is 5.92 Å². The molecule has 0 saturated carbocycles. The molecule has 0 fully saturated rings. The lowest BCUT2D eigenvalue weighted by molar-refractivity contribution is -0.129. The fourth-order valence-electron chi connectivity index (χ4n) is 2.86. The van der Waals surface area contributed by atoms with E-state index in [9.17, 15) is 14.4 Å². The second-order valence-electron chi connectivity index (χ2n) is 8.01. The van der Waals surface area contributed by atoms with Crippen molar-refractivity contribution in [3.63, 3.8) is 0 Å². The molecule has 7 heteroatoms. The highest BCUT2D eigenvalue weighted by atomic mass is 32.2. The minimum atomic E-state index is -0.814. The lowest BCUT2D eigenvalue weighted by atomic mass is 10.0. The van der Waals surface area contributed by atoms with E-state index in [1.807, 2.05) is 26.0 Å². The predicted molar refractivity (Wildman–Crippen MR) is 103 cm³/mol. The molecule has 26 heavy (non-hydrogen) atoms. The first-order valence-corrected chi connectivity index (χ1v) is 9.49. The summed E-state index contributed by atoms with van der Waals surface area (Å²) in [6, 6.07) is 6.44. The minimum absolute atomic E-state index is 0.158. The van der Waals surface area contributed by atoms with Crippen molar-refractivity contribution in [2.24, 2.45) is 5.92 Å². The molecule has 1 aliphatic rings. The summed E-state index contributed by atoms with van der Waals surface area (Å²) >= 11 is 1.06. The Balaban J connectivity index is 2.32. The summed E-state index contributed by atoms with van der Waals surface area (Å²) in [6.45, 7) is 9.21. The Bertz CT molecular complexity index is 726. The summed E-state index contributed by atoms with van der Waals surface area (Å²) in [4.78, 5) is 39.0. The molecule has 2 atom stereocenters. The average Bonchev–Trinajstić information content (AvgIpc) is 2.76. The van der Waals surface area contributed by atoms with Crippen molar-refractivity contribution in [3.05, 3.63) is 24.3 Å². The van der Waals surface area contributed by atoms with Gasteiger partial charge in [0.25, 0.3) is 0 Å². The van der Waals surface area contributed by atoms with Gasteiger partial charge < -0.3 is 10.1 Å². The second-order valence-corrected chi connectivity index (χ2v) is 9.00. The summed E-state index contributed by atoms with van der Waals surface area (Å²) < 4.78 is 4.83. The Labute approximate surface area is 158 Å². The zero-order chi connectivity index (χ0) is 19.7. The smallest absolute Gasteiger partial charge is 0.408 e. The Morgan fingerprint density at radius 1 is 1.23 bits per heavy atom. The van der Waals surface area contributed by atoms with Crippen LogP contribution in [0.5, 0.6) is 0 Å². The van der Waals surface area contributed by atoms with Crippen LogP contribution >= 0.6 is 11.8 Å². The molecular formula is C19H27N2O4S+. The van der Waals surface area contributed by atoms with Crippen LogP contribution in [0.25, 0.3) is 0 Å².